The SMILES string of the molecule is COc1ccc(CNC(=O)CC2CCN(C(=O)c3ccc4oc(-c5ccccc5)nc4c3)CC2)cc1. The summed E-state index contributed by atoms with van der Waals surface area (Å²) in [5.74, 6) is 1.65. The third-order valence-corrected chi connectivity index (χ3v) is 6.68. The van der Waals surface area contributed by atoms with Crippen molar-refractivity contribution in [3.8, 4) is 17.2 Å². The zero-order valence-corrected chi connectivity index (χ0v) is 20.3. The van der Waals surface area contributed by atoms with Gasteiger partial charge in [0.05, 0.1) is 7.11 Å². The lowest BCUT2D eigenvalue weighted by atomic mass is 9.92. The lowest BCUT2D eigenvalue weighted by Gasteiger charge is -2.31. The van der Waals surface area contributed by atoms with Crippen molar-refractivity contribution < 1.29 is 18.7 Å². The number of fused-ring (bicyclic) bond motifs is 1. The second-order valence-corrected chi connectivity index (χ2v) is 9.13. The first kappa shape index (κ1) is 23.6. The number of nitrogens with zero attached hydrogens (tertiary/aromatic N) is 2. The number of nitrogens with one attached hydrogen (secondary N) is 1. The predicted molar refractivity (Wildman–Crippen MR) is 138 cm³/mol. The van der Waals surface area contributed by atoms with Gasteiger partial charge < -0.3 is 19.4 Å². The third-order valence-electron chi connectivity index (χ3n) is 6.68. The lowest BCUT2D eigenvalue weighted by Crippen LogP contribution is -2.39. The third kappa shape index (κ3) is 5.40. The van der Waals surface area contributed by atoms with Crippen LogP contribution in [0.5, 0.6) is 5.75 Å². The van der Waals surface area contributed by atoms with E-state index in [1.807, 2.05) is 65.6 Å². The fourth-order valence-corrected chi connectivity index (χ4v) is 4.57. The molecule has 1 saturated heterocycles. The Morgan fingerprint density at radius 1 is 1.03 bits per heavy atom. The van der Waals surface area contributed by atoms with Gasteiger partial charge in [-0.3, -0.25) is 9.59 Å². The minimum atomic E-state index is -0.0106. The number of carbonyl (C=O) groups is 2. The van der Waals surface area contributed by atoms with Gasteiger partial charge in [-0.25, -0.2) is 4.98 Å². The normalized spacial score (nSPS) is 14.1. The molecule has 0 spiro atoms. The summed E-state index contributed by atoms with van der Waals surface area (Å²) in [5, 5.41) is 3.00. The molecule has 184 valence electrons. The number of amides is 2. The van der Waals surface area contributed by atoms with E-state index < -0.39 is 0 Å². The van der Waals surface area contributed by atoms with Crippen molar-refractivity contribution >= 4 is 22.9 Å². The number of carbonyl (C=O) groups excluding carboxylic acids is 2. The Hall–Kier alpha value is -4.13. The van der Waals surface area contributed by atoms with Crippen LogP contribution in [0.2, 0.25) is 0 Å². The van der Waals surface area contributed by atoms with Crippen molar-refractivity contribution in [2.75, 3.05) is 20.2 Å². The monoisotopic (exact) mass is 483 g/mol. The lowest BCUT2D eigenvalue weighted by molar-refractivity contribution is -0.122. The van der Waals surface area contributed by atoms with E-state index in [2.05, 4.69) is 10.3 Å². The van der Waals surface area contributed by atoms with Crippen LogP contribution in [-0.2, 0) is 11.3 Å². The van der Waals surface area contributed by atoms with Crippen molar-refractivity contribution in [2.45, 2.75) is 25.8 Å². The Morgan fingerprint density at radius 2 is 1.78 bits per heavy atom. The van der Waals surface area contributed by atoms with Gasteiger partial charge in [0.25, 0.3) is 5.91 Å². The number of rotatable bonds is 7. The molecule has 7 nitrogen and oxygen atoms in total. The molecule has 1 aliphatic rings. The first-order valence-electron chi connectivity index (χ1n) is 12.2. The number of oxazole rings is 1. The Balaban J connectivity index is 1.13. The Kier molecular flexibility index (Phi) is 6.98. The van der Waals surface area contributed by atoms with Crippen molar-refractivity contribution in [3.63, 3.8) is 0 Å². The molecule has 0 unspecified atom stereocenters. The second kappa shape index (κ2) is 10.6. The smallest absolute Gasteiger partial charge is 0.253 e. The van der Waals surface area contributed by atoms with Crippen molar-refractivity contribution in [1.82, 2.24) is 15.2 Å². The van der Waals surface area contributed by atoms with E-state index in [-0.39, 0.29) is 17.7 Å². The number of methoxy groups -OCH3 is 1. The van der Waals surface area contributed by atoms with E-state index in [9.17, 15) is 9.59 Å². The molecule has 4 aromatic rings. The van der Waals surface area contributed by atoms with E-state index in [1.165, 1.54) is 0 Å². The number of hydrogen-bond acceptors (Lipinski definition) is 5. The number of piperidine rings is 1. The summed E-state index contributed by atoms with van der Waals surface area (Å²) in [6.45, 7) is 1.78. The van der Waals surface area contributed by atoms with Gasteiger partial charge in [-0.05, 0) is 66.8 Å². The van der Waals surface area contributed by atoms with E-state index in [4.69, 9.17) is 9.15 Å². The highest BCUT2D eigenvalue weighted by atomic mass is 16.5. The quantitative estimate of drug-likeness (QED) is 0.397. The highest BCUT2D eigenvalue weighted by molar-refractivity contribution is 5.97. The number of aromatic nitrogens is 1. The number of ether oxygens (including phenoxy) is 1. The van der Waals surface area contributed by atoms with Crippen LogP contribution in [0.4, 0.5) is 0 Å². The van der Waals surface area contributed by atoms with Crippen LogP contribution in [0.3, 0.4) is 0 Å². The average Bonchev–Trinajstić information content (AvgIpc) is 3.36. The van der Waals surface area contributed by atoms with E-state index in [1.54, 1.807) is 19.2 Å². The molecule has 1 aromatic heterocycles. The largest absolute Gasteiger partial charge is 0.497 e. The molecule has 2 heterocycles. The van der Waals surface area contributed by atoms with Gasteiger partial charge in [0.15, 0.2) is 5.58 Å². The highest BCUT2D eigenvalue weighted by Crippen LogP contribution is 2.26. The summed E-state index contributed by atoms with van der Waals surface area (Å²) in [5.41, 5.74) is 3.86. The fraction of sp³-hybridized carbons (Fsp3) is 0.276. The molecule has 36 heavy (non-hydrogen) atoms. The van der Waals surface area contributed by atoms with Crippen molar-refractivity contribution in [1.29, 1.82) is 0 Å². The maximum absolute atomic E-state index is 13.1. The summed E-state index contributed by atoms with van der Waals surface area (Å²) in [6, 6.07) is 22.8. The molecule has 7 heteroatoms. The maximum atomic E-state index is 13.1. The number of hydrogen-bond donors (Lipinski definition) is 1. The molecule has 0 aliphatic carbocycles. The molecule has 0 saturated carbocycles. The van der Waals surface area contributed by atoms with Gasteiger partial charge in [-0.2, -0.15) is 0 Å². The van der Waals surface area contributed by atoms with Crippen LogP contribution in [0.1, 0.15) is 35.2 Å². The molecular weight excluding hydrogens is 454 g/mol. The van der Waals surface area contributed by atoms with E-state index in [0.717, 1.165) is 29.7 Å². The van der Waals surface area contributed by atoms with Crippen molar-refractivity contribution in [2.24, 2.45) is 5.92 Å². The zero-order chi connectivity index (χ0) is 24.9. The van der Waals surface area contributed by atoms with Crippen LogP contribution in [0.15, 0.2) is 77.2 Å². The minimum Gasteiger partial charge on any atom is -0.497 e. The molecule has 0 radical (unpaired) electrons. The van der Waals surface area contributed by atoms with Gasteiger partial charge in [0, 0.05) is 37.2 Å². The van der Waals surface area contributed by atoms with Gasteiger partial charge in [-0.1, -0.05) is 30.3 Å². The molecular formula is C29H29N3O4. The van der Waals surface area contributed by atoms with Crippen molar-refractivity contribution in [3.05, 3.63) is 83.9 Å². The Bertz CT molecular complexity index is 1340. The molecule has 1 N–H and O–H groups in total. The summed E-state index contributed by atoms with van der Waals surface area (Å²) in [6.07, 6.45) is 2.10. The molecule has 5 rings (SSSR count). The number of likely N-dealkylation sites (tertiary alicyclic amines) is 1. The van der Waals surface area contributed by atoms with E-state index in [0.29, 0.717) is 48.6 Å². The van der Waals surface area contributed by atoms with Crippen LogP contribution < -0.4 is 10.1 Å². The van der Waals surface area contributed by atoms with Gasteiger partial charge in [0.1, 0.15) is 11.3 Å². The molecule has 1 aliphatic heterocycles. The second-order valence-electron chi connectivity index (χ2n) is 9.13. The predicted octanol–water partition coefficient (Wildman–Crippen LogP) is 5.06. The summed E-state index contributed by atoms with van der Waals surface area (Å²) in [7, 11) is 1.63. The zero-order valence-electron chi connectivity index (χ0n) is 20.3. The Morgan fingerprint density at radius 3 is 2.50 bits per heavy atom. The minimum absolute atomic E-state index is 0.0106. The van der Waals surface area contributed by atoms with Gasteiger partial charge >= 0.3 is 0 Å². The first-order valence-corrected chi connectivity index (χ1v) is 12.2. The van der Waals surface area contributed by atoms with Crippen LogP contribution in [0, 0.1) is 5.92 Å². The summed E-state index contributed by atoms with van der Waals surface area (Å²) >= 11 is 0. The standard InChI is InChI=1S/C29H29N3O4/c1-35-24-10-7-21(8-11-24)19-30-27(33)17-20-13-15-32(16-14-20)29(34)23-9-12-26-25(18-23)31-28(36-26)22-5-3-2-4-6-22/h2-12,18,20H,13-17,19H2,1H3,(H,30,33). The molecule has 2 amide bonds. The van der Waals surface area contributed by atoms with E-state index >= 15 is 0 Å². The molecule has 3 aromatic carbocycles. The Labute approximate surface area is 210 Å². The van der Waals surface area contributed by atoms with Crippen LogP contribution >= 0.6 is 0 Å². The highest BCUT2D eigenvalue weighted by Gasteiger charge is 2.25. The molecule has 1 fully saturated rings. The van der Waals surface area contributed by atoms with Gasteiger partial charge in [-0.15, -0.1) is 0 Å². The fourth-order valence-electron chi connectivity index (χ4n) is 4.57. The summed E-state index contributed by atoms with van der Waals surface area (Å²) < 4.78 is 11.0. The topological polar surface area (TPSA) is 84.7 Å². The summed E-state index contributed by atoms with van der Waals surface area (Å²) in [4.78, 5) is 32.0. The van der Waals surface area contributed by atoms with Gasteiger partial charge in [0.2, 0.25) is 11.8 Å². The van der Waals surface area contributed by atoms with Crippen LogP contribution in [0.25, 0.3) is 22.6 Å². The maximum Gasteiger partial charge on any atom is 0.253 e. The number of benzene rings is 3. The average molecular weight is 484 g/mol. The molecule has 0 atom stereocenters. The molecule has 0 bridgehead atoms. The first-order chi connectivity index (χ1) is 17.6. The van der Waals surface area contributed by atoms with Crippen LogP contribution in [-0.4, -0.2) is 41.9 Å².